The van der Waals surface area contributed by atoms with E-state index in [9.17, 15) is 14.0 Å². The van der Waals surface area contributed by atoms with Crippen molar-refractivity contribution in [3.63, 3.8) is 0 Å². The summed E-state index contributed by atoms with van der Waals surface area (Å²) in [6, 6.07) is 12.0. The Bertz CT molecular complexity index is 1050. The molecular formula is C23H25FN4O2S. The van der Waals surface area contributed by atoms with E-state index in [1.54, 1.807) is 18.2 Å². The number of hydrogen-bond donors (Lipinski definition) is 1. The lowest BCUT2D eigenvalue weighted by Gasteiger charge is -2.34. The Kier molecular flexibility index (Phi) is 6.80. The van der Waals surface area contributed by atoms with Crippen molar-refractivity contribution in [3.05, 3.63) is 76.5 Å². The van der Waals surface area contributed by atoms with Crippen molar-refractivity contribution in [2.24, 2.45) is 0 Å². The molecule has 0 bridgehead atoms. The van der Waals surface area contributed by atoms with Crippen LogP contribution in [0.15, 0.2) is 53.9 Å². The molecule has 8 heteroatoms. The van der Waals surface area contributed by atoms with Gasteiger partial charge in [-0.25, -0.2) is 4.39 Å². The fraction of sp³-hybridized carbons (Fsp3) is 0.304. The van der Waals surface area contributed by atoms with Gasteiger partial charge in [-0.15, -0.1) is 5.10 Å². The maximum Gasteiger partial charge on any atom is 0.280 e. The molecule has 31 heavy (non-hydrogen) atoms. The van der Waals surface area contributed by atoms with Crippen LogP contribution in [0.5, 0.6) is 0 Å². The fourth-order valence-electron chi connectivity index (χ4n) is 3.05. The predicted octanol–water partition coefficient (Wildman–Crippen LogP) is 4.68. The van der Waals surface area contributed by atoms with Gasteiger partial charge in [-0.05, 0) is 62.5 Å². The SMILES string of the molecule is CCC(C)(C)NC(=O)C(c1ccc(C)cc1)N(C(=O)c1csnn1)c1cccc(F)c1. The lowest BCUT2D eigenvalue weighted by Crippen LogP contribution is -2.50. The van der Waals surface area contributed by atoms with Gasteiger partial charge >= 0.3 is 0 Å². The van der Waals surface area contributed by atoms with Crippen LogP contribution in [0.25, 0.3) is 0 Å². The zero-order valence-corrected chi connectivity index (χ0v) is 18.7. The van der Waals surface area contributed by atoms with E-state index in [4.69, 9.17) is 0 Å². The molecule has 162 valence electrons. The van der Waals surface area contributed by atoms with Crippen LogP contribution in [-0.2, 0) is 4.79 Å². The average Bonchev–Trinajstić information content (AvgIpc) is 3.27. The smallest absolute Gasteiger partial charge is 0.280 e. The maximum absolute atomic E-state index is 14.1. The van der Waals surface area contributed by atoms with Gasteiger partial charge in [0.15, 0.2) is 5.69 Å². The Labute approximate surface area is 185 Å². The van der Waals surface area contributed by atoms with Gasteiger partial charge in [-0.2, -0.15) is 0 Å². The number of amides is 2. The first-order valence-electron chi connectivity index (χ1n) is 9.96. The minimum Gasteiger partial charge on any atom is -0.349 e. The van der Waals surface area contributed by atoms with Gasteiger partial charge in [0.05, 0.1) is 0 Å². The van der Waals surface area contributed by atoms with Crippen LogP contribution < -0.4 is 10.2 Å². The van der Waals surface area contributed by atoms with Crippen LogP contribution in [0.2, 0.25) is 0 Å². The van der Waals surface area contributed by atoms with Gasteiger partial charge in [0.2, 0.25) is 5.91 Å². The number of nitrogens with one attached hydrogen (secondary N) is 1. The molecule has 1 atom stereocenters. The minimum atomic E-state index is -1.03. The summed E-state index contributed by atoms with van der Waals surface area (Å²) in [5.74, 6) is -1.41. The summed E-state index contributed by atoms with van der Waals surface area (Å²) in [6.07, 6.45) is 0.698. The highest BCUT2D eigenvalue weighted by Gasteiger charge is 2.36. The Balaban J connectivity index is 2.17. The summed E-state index contributed by atoms with van der Waals surface area (Å²) in [5.41, 5.74) is 1.49. The van der Waals surface area contributed by atoms with E-state index in [1.807, 2.05) is 39.8 Å². The molecule has 1 aromatic heterocycles. The second kappa shape index (κ2) is 9.34. The monoisotopic (exact) mass is 440 g/mol. The second-order valence-corrected chi connectivity index (χ2v) is 8.59. The van der Waals surface area contributed by atoms with Crippen LogP contribution in [0.3, 0.4) is 0 Å². The highest BCUT2D eigenvalue weighted by molar-refractivity contribution is 7.03. The molecule has 3 aromatic rings. The Hall–Kier alpha value is -3.13. The maximum atomic E-state index is 14.1. The Morgan fingerprint density at radius 3 is 2.48 bits per heavy atom. The van der Waals surface area contributed by atoms with Crippen LogP contribution in [0.4, 0.5) is 10.1 Å². The average molecular weight is 441 g/mol. The summed E-state index contributed by atoms with van der Waals surface area (Å²) < 4.78 is 17.9. The van der Waals surface area contributed by atoms with Gasteiger partial charge in [0.1, 0.15) is 11.9 Å². The normalized spacial score (nSPS) is 12.3. The predicted molar refractivity (Wildman–Crippen MR) is 120 cm³/mol. The van der Waals surface area contributed by atoms with Gasteiger partial charge in [0, 0.05) is 16.6 Å². The summed E-state index contributed by atoms with van der Waals surface area (Å²) in [5, 5.41) is 8.41. The quantitative estimate of drug-likeness (QED) is 0.579. The molecule has 1 N–H and O–H groups in total. The topological polar surface area (TPSA) is 75.2 Å². The summed E-state index contributed by atoms with van der Waals surface area (Å²) in [6.45, 7) is 7.73. The van der Waals surface area contributed by atoms with Gasteiger partial charge in [0.25, 0.3) is 5.91 Å². The Morgan fingerprint density at radius 1 is 1.19 bits per heavy atom. The minimum absolute atomic E-state index is 0.0916. The van der Waals surface area contributed by atoms with E-state index in [-0.39, 0.29) is 17.3 Å². The highest BCUT2D eigenvalue weighted by atomic mass is 32.1. The lowest BCUT2D eigenvalue weighted by atomic mass is 9.97. The number of aryl methyl sites for hydroxylation is 1. The molecule has 1 unspecified atom stereocenters. The third-order valence-corrected chi connectivity index (χ3v) is 5.63. The van der Waals surface area contributed by atoms with Crippen molar-refractivity contribution in [3.8, 4) is 0 Å². The zero-order chi connectivity index (χ0) is 22.6. The van der Waals surface area contributed by atoms with E-state index < -0.39 is 23.3 Å². The van der Waals surface area contributed by atoms with Crippen molar-refractivity contribution >= 4 is 29.0 Å². The number of benzene rings is 2. The molecule has 0 saturated carbocycles. The number of rotatable bonds is 7. The van der Waals surface area contributed by atoms with Crippen molar-refractivity contribution in [1.82, 2.24) is 14.9 Å². The molecule has 0 aliphatic heterocycles. The number of carbonyl (C=O) groups excluding carboxylic acids is 2. The molecule has 0 fully saturated rings. The number of hydrogen-bond acceptors (Lipinski definition) is 5. The first kappa shape index (κ1) is 22.6. The van der Waals surface area contributed by atoms with Crippen molar-refractivity contribution in [2.45, 2.75) is 45.7 Å². The largest absolute Gasteiger partial charge is 0.349 e. The number of nitrogens with zero attached hydrogens (tertiary/aromatic N) is 3. The van der Waals surface area contributed by atoms with Gasteiger partial charge in [-0.3, -0.25) is 14.5 Å². The fourth-order valence-corrected chi connectivity index (χ4v) is 3.48. The molecule has 3 rings (SSSR count). The van der Waals surface area contributed by atoms with E-state index >= 15 is 0 Å². The van der Waals surface area contributed by atoms with E-state index in [2.05, 4.69) is 14.9 Å². The van der Waals surface area contributed by atoms with E-state index in [1.165, 1.54) is 28.5 Å². The number of anilines is 1. The standard InChI is InChI=1S/C23H25FN4O2S/c1-5-23(3,4)25-21(29)20(16-11-9-15(2)10-12-16)28(18-8-6-7-17(24)13-18)22(30)19-14-31-27-26-19/h6-14,20H,5H2,1-4H3,(H,25,29). The first-order chi connectivity index (χ1) is 14.7. The number of halogens is 1. The molecule has 0 saturated heterocycles. The number of carbonyl (C=O) groups is 2. The van der Waals surface area contributed by atoms with Crippen molar-refractivity contribution in [2.75, 3.05) is 4.90 Å². The number of aromatic nitrogens is 2. The molecule has 0 aliphatic rings. The van der Waals surface area contributed by atoms with E-state index in [0.717, 1.165) is 17.1 Å². The molecule has 0 aliphatic carbocycles. The summed E-state index contributed by atoms with van der Waals surface area (Å²) >= 11 is 1.03. The van der Waals surface area contributed by atoms with Crippen LogP contribution in [-0.4, -0.2) is 26.9 Å². The van der Waals surface area contributed by atoms with Crippen molar-refractivity contribution in [1.29, 1.82) is 0 Å². The van der Waals surface area contributed by atoms with Gasteiger partial charge in [-0.1, -0.05) is 47.3 Å². The molecule has 2 amide bonds. The zero-order valence-electron chi connectivity index (χ0n) is 17.9. The highest BCUT2D eigenvalue weighted by Crippen LogP contribution is 2.31. The molecule has 2 aromatic carbocycles. The molecule has 6 nitrogen and oxygen atoms in total. The first-order valence-corrected chi connectivity index (χ1v) is 10.8. The van der Waals surface area contributed by atoms with E-state index in [0.29, 0.717) is 12.0 Å². The Morgan fingerprint density at radius 2 is 1.90 bits per heavy atom. The van der Waals surface area contributed by atoms with Crippen LogP contribution >= 0.6 is 11.5 Å². The molecule has 0 radical (unpaired) electrons. The molecule has 0 spiro atoms. The third-order valence-electron chi connectivity index (χ3n) is 5.13. The van der Waals surface area contributed by atoms with Gasteiger partial charge < -0.3 is 5.32 Å². The van der Waals surface area contributed by atoms with Crippen LogP contribution in [0, 0.1) is 12.7 Å². The third kappa shape index (κ3) is 5.32. The molecular weight excluding hydrogens is 415 g/mol. The van der Waals surface area contributed by atoms with Crippen molar-refractivity contribution < 1.29 is 14.0 Å². The lowest BCUT2D eigenvalue weighted by molar-refractivity contribution is -0.124. The van der Waals surface area contributed by atoms with Crippen LogP contribution in [0.1, 0.15) is 54.8 Å². The second-order valence-electron chi connectivity index (χ2n) is 7.99. The summed E-state index contributed by atoms with van der Waals surface area (Å²) in [4.78, 5) is 28.3. The molecule has 1 heterocycles. The summed E-state index contributed by atoms with van der Waals surface area (Å²) in [7, 11) is 0.